The van der Waals surface area contributed by atoms with Crippen LogP contribution >= 0.6 is 0 Å². The molecule has 4 rings (SSSR count). The number of aromatic nitrogens is 2. The van der Waals surface area contributed by atoms with Gasteiger partial charge in [0, 0.05) is 5.56 Å². The Hall–Kier alpha value is -2.93. The van der Waals surface area contributed by atoms with Crippen LogP contribution in [-0.4, -0.2) is 34.0 Å². The molecule has 1 saturated heterocycles. The maximum Gasteiger partial charge on any atom is 0.287 e. The Kier molecular flexibility index (Phi) is 5.53. The van der Waals surface area contributed by atoms with E-state index in [0.29, 0.717) is 17.5 Å². The zero-order chi connectivity index (χ0) is 19.3. The average Bonchev–Trinajstić information content (AvgIpc) is 3.43. The molecule has 1 aliphatic heterocycles. The van der Waals surface area contributed by atoms with Gasteiger partial charge in [0.05, 0.1) is 12.6 Å². The maximum absolute atomic E-state index is 12.4. The van der Waals surface area contributed by atoms with Crippen molar-refractivity contribution in [2.24, 2.45) is 0 Å². The Morgan fingerprint density at radius 2 is 1.93 bits per heavy atom. The Labute approximate surface area is 163 Å². The number of carbonyl (C=O) groups is 1. The largest absolute Gasteiger partial charge is 0.454 e. The number of hydrogen-bond donors (Lipinski definition) is 1. The summed E-state index contributed by atoms with van der Waals surface area (Å²) < 4.78 is 11.0. The number of rotatable bonds is 6. The quantitative estimate of drug-likeness (QED) is 0.700. The number of nitrogens with zero attached hydrogens (tertiary/aromatic N) is 3. The van der Waals surface area contributed by atoms with Gasteiger partial charge in [-0.2, -0.15) is 4.98 Å². The molecule has 0 radical (unpaired) electrons. The lowest BCUT2D eigenvalue weighted by molar-refractivity contribution is 0.0909. The van der Waals surface area contributed by atoms with E-state index in [-0.39, 0.29) is 18.5 Å². The van der Waals surface area contributed by atoms with E-state index in [1.165, 1.54) is 19.3 Å². The first kappa shape index (κ1) is 18.4. The fourth-order valence-corrected chi connectivity index (χ4v) is 3.46. The van der Waals surface area contributed by atoms with Crippen LogP contribution in [0.25, 0.3) is 11.4 Å². The topological polar surface area (TPSA) is 84.4 Å². The van der Waals surface area contributed by atoms with Crippen molar-refractivity contribution in [1.82, 2.24) is 20.4 Å². The zero-order valence-electron chi connectivity index (χ0n) is 15.9. The number of carbonyl (C=O) groups excluding carboxylic acids is 1. The van der Waals surface area contributed by atoms with Gasteiger partial charge >= 0.3 is 0 Å². The van der Waals surface area contributed by atoms with Gasteiger partial charge in [0.1, 0.15) is 5.76 Å². The van der Waals surface area contributed by atoms with Crippen LogP contribution in [0, 0.1) is 0 Å². The number of amides is 1. The SMILES string of the molecule is CC(c1ccc(C(=O)NCc2nc(-c3ccccc3)no2)o1)N1CCCCC1. The van der Waals surface area contributed by atoms with Crippen LogP contribution < -0.4 is 5.32 Å². The first-order valence-electron chi connectivity index (χ1n) is 9.71. The summed E-state index contributed by atoms with van der Waals surface area (Å²) in [4.78, 5) is 19.1. The zero-order valence-corrected chi connectivity index (χ0v) is 15.9. The van der Waals surface area contributed by atoms with Crippen molar-refractivity contribution in [3.05, 3.63) is 59.9 Å². The Bertz CT molecular complexity index is 913. The summed E-state index contributed by atoms with van der Waals surface area (Å²) in [5, 5.41) is 6.72. The monoisotopic (exact) mass is 380 g/mol. The predicted molar refractivity (Wildman–Crippen MR) is 103 cm³/mol. The normalized spacial score (nSPS) is 16.0. The summed E-state index contributed by atoms with van der Waals surface area (Å²) in [6.07, 6.45) is 3.72. The molecule has 7 heteroatoms. The molecule has 1 N–H and O–H groups in total. The van der Waals surface area contributed by atoms with Gasteiger partial charge in [0.25, 0.3) is 5.91 Å². The van der Waals surface area contributed by atoms with Crippen molar-refractivity contribution in [3.63, 3.8) is 0 Å². The van der Waals surface area contributed by atoms with Crippen LogP contribution in [0.15, 0.2) is 51.4 Å². The number of furan rings is 1. The fourth-order valence-electron chi connectivity index (χ4n) is 3.46. The highest BCUT2D eigenvalue weighted by molar-refractivity contribution is 5.91. The summed E-state index contributed by atoms with van der Waals surface area (Å²) in [6, 6.07) is 13.3. The van der Waals surface area contributed by atoms with E-state index in [0.717, 1.165) is 24.4 Å². The first-order chi connectivity index (χ1) is 13.7. The number of likely N-dealkylation sites (tertiary alicyclic amines) is 1. The summed E-state index contributed by atoms with van der Waals surface area (Å²) in [7, 11) is 0. The number of benzene rings is 1. The molecule has 1 aromatic carbocycles. The van der Waals surface area contributed by atoms with Gasteiger partial charge in [-0.25, -0.2) is 0 Å². The van der Waals surface area contributed by atoms with E-state index in [4.69, 9.17) is 8.94 Å². The molecule has 0 aliphatic carbocycles. The predicted octanol–water partition coefficient (Wildman–Crippen LogP) is 3.81. The van der Waals surface area contributed by atoms with Gasteiger partial charge in [0.15, 0.2) is 5.76 Å². The van der Waals surface area contributed by atoms with E-state index < -0.39 is 0 Å². The molecule has 3 aromatic rings. The molecule has 0 saturated carbocycles. The Morgan fingerprint density at radius 3 is 2.71 bits per heavy atom. The van der Waals surface area contributed by atoms with Crippen molar-refractivity contribution >= 4 is 5.91 Å². The van der Waals surface area contributed by atoms with Gasteiger partial charge in [-0.1, -0.05) is 41.9 Å². The number of nitrogens with one attached hydrogen (secondary N) is 1. The minimum atomic E-state index is -0.295. The molecule has 1 fully saturated rings. The standard InChI is InChI=1S/C21H24N4O3/c1-15(25-12-6-3-7-13-25)17-10-11-18(27-17)21(26)22-14-19-23-20(24-28-19)16-8-4-2-5-9-16/h2,4-5,8-11,15H,3,6-7,12-14H2,1H3,(H,22,26). The lowest BCUT2D eigenvalue weighted by atomic mass is 10.1. The Balaban J connectivity index is 1.34. The molecule has 28 heavy (non-hydrogen) atoms. The molecule has 146 valence electrons. The highest BCUT2D eigenvalue weighted by Gasteiger charge is 2.22. The van der Waals surface area contributed by atoms with Crippen LogP contribution in [0.2, 0.25) is 0 Å². The van der Waals surface area contributed by atoms with Crippen LogP contribution in [0.4, 0.5) is 0 Å². The third kappa shape index (κ3) is 4.14. The smallest absolute Gasteiger partial charge is 0.287 e. The molecular weight excluding hydrogens is 356 g/mol. The molecule has 1 unspecified atom stereocenters. The maximum atomic E-state index is 12.4. The van der Waals surface area contributed by atoms with E-state index >= 15 is 0 Å². The summed E-state index contributed by atoms with van der Waals surface area (Å²) >= 11 is 0. The minimum absolute atomic E-state index is 0.149. The van der Waals surface area contributed by atoms with Gasteiger partial charge in [-0.15, -0.1) is 0 Å². The van der Waals surface area contributed by atoms with Gasteiger partial charge in [0.2, 0.25) is 11.7 Å². The third-order valence-corrected chi connectivity index (χ3v) is 5.10. The van der Waals surface area contributed by atoms with Crippen LogP contribution in [0.5, 0.6) is 0 Å². The van der Waals surface area contributed by atoms with Crippen molar-refractivity contribution < 1.29 is 13.7 Å². The molecule has 7 nitrogen and oxygen atoms in total. The number of hydrogen-bond acceptors (Lipinski definition) is 6. The van der Waals surface area contributed by atoms with Crippen molar-refractivity contribution in [1.29, 1.82) is 0 Å². The number of piperidine rings is 1. The highest BCUT2D eigenvalue weighted by atomic mass is 16.5. The third-order valence-electron chi connectivity index (χ3n) is 5.10. The molecule has 3 heterocycles. The van der Waals surface area contributed by atoms with Crippen molar-refractivity contribution in [3.8, 4) is 11.4 Å². The molecule has 0 spiro atoms. The van der Waals surface area contributed by atoms with E-state index in [9.17, 15) is 4.79 Å². The second-order valence-electron chi connectivity index (χ2n) is 7.04. The molecule has 1 aliphatic rings. The minimum Gasteiger partial charge on any atom is -0.454 e. The highest BCUT2D eigenvalue weighted by Crippen LogP contribution is 2.25. The summed E-state index contributed by atoms with van der Waals surface area (Å²) in [5.74, 6) is 1.66. The van der Waals surface area contributed by atoms with Crippen LogP contribution in [0.1, 0.15) is 54.4 Å². The first-order valence-corrected chi connectivity index (χ1v) is 9.71. The molecule has 1 amide bonds. The van der Waals surface area contributed by atoms with Crippen molar-refractivity contribution in [2.45, 2.75) is 38.8 Å². The molecular formula is C21H24N4O3. The Morgan fingerprint density at radius 1 is 1.14 bits per heavy atom. The van der Waals surface area contributed by atoms with Crippen LogP contribution in [-0.2, 0) is 6.54 Å². The van der Waals surface area contributed by atoms with E-state index in [2.05, 4.69) is 27.3 Å². The second kappa shape index (κ2) is 8.39. The summed E-state index contributed by atoms with van der Waals surface area (Å²) in [5.41, 5.74) is 0.867. The van der Waals surface area contributed by atoms with Crippen LogP contribution in [0.3, 0.4) is 0 Å². The lowest BCUT2D eigenvalue weighted by Crippen LogP contribution is -2.32. The molecule has 1 atom stereocenters. The second-order valence-corrected chi connectivity index (χ2v) is 7.04. The molecule has 2 aromatic heterocycles. The van der Waals surface area contributed by atoms with E-state index in [1.54, 1.807) is 6.07 Å². The summed E-state index contributed by atoms with van der Waals surface area (Å²) in [6.45, 7) is 4.42. The van der Waals surface area contributed by atoms with Gasteiger partial charge < -0.3 is 14.3 Å². The van der Waals surface area contributed by atoms with Gasteiger partial charge in [-0.05, 0) is 45.0 Å². The fraction of sp³-hybridized carbons (Fsp3) is 0.381. The molecule has 0 bridgehead atoms. The van der Waals surface area contributed by atoms with Gasteiger partial charge in [-0.3, -0.25) is 9.69 Å². The average molecular weight is 380 g/mol. The van der Waals surface area contributed by atoms with E-state index in [1.807, 2.05) is 36.4 Å². The van der Waals surface area contributed by atoms with Crippen molar-refractivity contribution in [2.75, 3.05) is 13.1 Å². The lowest BCUT2D eigenvalue weighted by Gasteiger charge is -2.31.